The van der Waals surface area contributed by atoms with Crippen molar-refractivity contribution in [3.8, 4) is 0 Å². The maximum atomic E-state index is 12.3. The summed E-state index contributed by atoms with van der Waals surface area (Å²) in [4.78, 5) is 35.9. The number of amides is 1. The van der Waals surface area contributed by atoms with E-state index in [1.54, 1.807) is 18.0 Å². The number of ketones is 1. The van der Waals surface area contributed by atoms with Crippen LogP contribution >= 0.6 is 11.8 Å². The molecule has 1 aromatic heterocycles. The highest BCUT2D eigenvalue weighted by Crippen LogP contribution is 2.22. The molecule has 0 fully saturated rings. The summed E-state index contributed by atoms with van der Waals surface area (Å²) >= 11 is 1.61. The zero-order valence-corrected chi connectivity index (χ0v) is 16.1. The van der Waals surface area contributed by atoms with Gasteiger partial charge in [-0.1, -0.05) is 18.2 Å². The largest absolute Gasteiger partial charge is 0.467 e. The Bertz CT molecular complexity index is 800. The number of hydrogen-bond acceptors (Lipinski definition) is 5. The number of benzene rings is 1. The molecular formula is C19H24N2O4S. The summed E-state index contributed by atoms with van der Waals surface area (Å²) in [5.41, 5.74) is 1.56. The molecule has 0 aliphatic heterocycles. The van der Waals surface area contributed by atoms with Crippen LogP contribution in [-0.2, 0) is 20.9 Å². The number of esters is 1. The molecule has 0 unspecified atom stereocenters. The number of Topliss-reactive ketones (excluding diaryl/α,β-unsaturated/α-hetero) is 1. The lowest BCUT2D eigenvalue weighted by Crippen LogP contribution is -2.42. The van der Waals surface area contributed by atoms with Gasteiger partial charge >= 0.3 is 5.97 Å². The van der Waals surface area contributed by atoms with Gasteiger partial charge in [0.15, 0.2) is 5.78 Å². The van der Waals surface area contributed by atoms with Crippen molar-refractivity contribution in [3.05, 3.63) is 36.0 Å². The minimum atomic E-state index is -0.630. The second-order valence-electron chi connectivity index (χ2n) is 5.98. The van der Waals surface area contributed by atoms with E-state index < -0.39 is 12.0 Å². The number of thioether (sulfide) groups is 1. The highest BCUT2D eigenvalue weighted by atomic mass is 32.2. The van der Waals surface area contributed by atoms with Crippen molar-refractivity contribution >= 4 is 40.3 Å². The molecule has 0 aliphatic carbocycles. The molecule has 140 valence electrons. The first-order valence-electron chi connectivity index (χ1n) is 8.42. The molecule has 2 aromatic rings. The molecule has 1 atom stereocenters. The average molecular weight is 376 g/mol. The summed E-state index contributed by atoms with van der Waals surface area (Å²) in [5, 5.41) is 3.63. The molecule has 0 spiro atoms. The Morgan fingerprint density at radius 1 is 1.27 bits per heavy atom. The number of aromatic nitrogens is 1. The van der Waals surface area contributed by atoms with Gasteiger partial charge in [0, 0.05) is 35.6 Å². The summed E-state index contributed by atoms with van der Waals surface area (Å²) in [6, 6.07) is 6.99. The fraction of sp³-hybridized carbons (Fsp3) is 0.421. The molecule has 26 heavy (non-hydrogen) atoms. The first-order valence-corrected chi connectivity index (χ1v) is 9.82. The highest BCUT2D eigenvalue weighted by Gasteiger charge is 2.21. The molecule has 0 saturated heterocycles. The Labute approximate surface area is 157 Å². The minimum absolute atomic E-state index is 0.00720. The number of carbonyl (C=O) groups is 3. The van der Waals surface area contributed by atoms with E-state index >= 15 is 0 Å². The topological polar surface area (TPSA) is 77.4 Å². The van der Waals surface area contributed by atoms with Crippen LogP contribution in [-0.4, -0.2) is 47.4 Å². The maximum absolute atomic E-state index is 12.3. The molecule has 1 N–H and O–H groups in total. The number of para-hydroxylation sites is 1. The molecular weight excluding hydrogens is 352 g/mol. The van der Waals surface area contributed by atoms with E-state index in [0.29, 0.717) is 18.5 Å². The van der Waals surface area contributed by atoms with Crippen molar-refractivity contribution in [1.82, 2.24) is 9.88 Å². The highest BCUT2D eigenvalue weighted by molar-refractivity contribution is 7.98. The van der Waals surface area contributed by atoms with Crippen molar-refractivity contribution in [1.29, 1.82) is 0 Å². The minimum Gasteiger partial charge on any atom is -0.467 e. The second kappa shape index (κ2) is 9.43. The van der Waals surface area contributed by atoms with Crippen LogP contribution in [0.4, 0.5) is 0 Å². The lowest BCUT2D eigenvalue weighted by Gasteiger charge is -2.16. The van der Waals surface area contributed by atoms with Gasteiger partial charge in [0.2, 0.25) is 5.91 Å². The predicted molar refractivity (Wildman–Crippen MR) is 104 cm³/mol. The first-order chi connectivity index (χ1) is 12.5. The molecule has 0 saturated carbocycles. The summed E-state index contributed by atoms with van der Waals surface area (Å²) in [6.45, 7) is 1.96. The fourth-order valence-corrected chi connectivity index (χ4v) is 3.30. The average Bonchev–Trinajstić information content (AvgIpc) is 3.02. The maximum Gasteiger partial charge on any atom is 0.328 e. The Morgan fingerprint density at radius 2 is 2.00 bits per heavy atom. The molecule has 6 nitrogen and oxygen atoms in total. The van der Waals surface area contributed by atoms with Gasteiger partial charge in [-0.25, -0.2) is 4.79 Å². The third-order valence-electron chi connectivity index (χ3n) is 4.18. The Morgan fingerprint density at radius 3 is 2.65 bits per heavy atom. The summed E-state index contributed by atoms with van der Waals surface area (Å²) < 4.78 is 6.66. The molecule has 0 aliphatic rings. The van der Waals surface area contributed by atoms with Crippen LogP contribution in [0.2, 0.25) is 0 Å². The number of hydrogen-bond donors (Lipinski definition) is 1. The van der Waals surface area contributed by atoms with E-state index in [4.69, 9.17) is 4.74 Å². The standard InChI is InChI=1S/C19H24N2O4S/c1-13(22)15-12-21(17-7-5-4-6-14(15)17)10-8-18(23)20-16(9-11-26-3)19(24)25-2/h4-7,12,16H,8-11H2,1-3H3,(H,20,23)/t16-/m1/s1. The number of fused-ring (bicyclic) bond motifs is 1. The monoisotopic (exact) mass is 376 g/mol. The van der Waals surface area contributed by atoms with Crippen LogP contribution in [0, 0.1) is 0 Å². The smallest absolute Gasteiger partial charge is 0.328 e. The van der Waals surface area contributed by atoms with Gasteiger partial charge in [-0.15, -0.1) is 0 Å². The van der Waals surface area contributed by atoms with Crippen LogP contribution in [0.25, 0.3) is 10.9 Å². The van der Waals surface area contributed by atoms with Gasteiger partial charge in [0.25, 0.3) is 0 Å². The van der Waals surface area contributed by atoms with Crippen LogP contribution in [0.3, 0.4) is 0 Å². The molecule has 1 aromatic carbocycles. The third-order valence-corrected chi connectivity index (χ3v) is 4.82. The van der Waals surface area contributed by atoms with Crippen molar-refractivity contribution in [2.24, 2.45) is 0 Å². The number of ether oxygens (including phenoxy) is 1. The number of aryl methyl sites for hydroxylation is 1. The summed E-state index contributed by atoms with van der Waals surface area (Å²) in [6.07, 6.45) is 4.47. The fourth-order valence-electron chi connectivity index (χ4n) is 2.83. The SMILES string of the molecule is COC(=O)[C@@H](CCSC)NC(=O)CCn1cc(C(C)=O)c2ccccc21. The van der Waals surface area contributed by atoms with Crippen molar-refractivity contribution in [2.75, 3.05) is 19.1 Å². The molecule has 0 bridgehead atoms. The van der Waals surface area contributed by atoms with E-state index in [1.165, 1.54) is 14.0 Å². The quantitative estimate of drug-likeness (QED) is 0.538. The third kappa shape index (κ3) is 4.88. The summed E-state index contributed by atoms with van der Waals surface area (Å²) in [7, 11) is 1.32. The van der Waals surface area contributed by atoms with Crippen LogP contribution in [0.1, 0.15) is 30.1 Å². The number of nitrogens with one attached hydrogen (secondary N) is 1. The van der Waals surface area contributed by atoms with Gasteiger partial charge in [0.1, 0.15) is 6.04 Å². The number of nitrogens with zero attached hydrogens (tertiary/aromatic N) is 1. The molecule has 2 rings (SSSR count). The van der Waals surface area contributed by atoms with E-state index in [-0.39, 0.29) is 18.1 Å². The van der Waals surface area contributed by atoms with E-state index in [1.807, 2.05) is 35.1 Å². The van der Waals surface area contributed by atoms with Gasteiger partial charge < -0.3 is 14.6 Å². The Hall–Kier alpha value is -2.28. The molecule has 0 radical (unpaired) electrons. The molecule has 1 heterocycles. The van der Waals surface area contributed by atoms with Crippen LogP contribution in [0.15, 0.2) is 30.5 Å². The van der Waals surface area contributed by atoms with E-state index in [9.17, 15) is 14.4 Å². The lowest BCUT2D eigenvalue weighted by molar-refractivity contribution is -0.145. The number of carbonyl (C=O) groups excluding carboxylic acids is 3. The number of rotatable bonds is 9. The van der Waals surface area contributed by atoms with Gasteiger partial charge in [0.05, 0.1) is 7.11 Å². The normalized spacial score (nSPS) is 12.0. The van der Waals surface area contributed by atoms with E-state index in [0.717, 1.165) is 16.7 Å². The lowest BCUT2D eigenvalue weighted by atomic mass is 10.1. The van der Waals surface area contributed by atoms with Crippen molar-refractivity contribution < 1.29 is 19.1 Å². The van der Waals surface area contributed by atoms with Gasteiger partial charge in [-0.3, -0.25) is 9.59 Å². The zero-order valence-electron chi connectivity index (χ0n) is 15.3. The van der Waals surface area contributed by atoms with Crippen LogP contribution < -0.4 is 5.32 Å². The van der Waals surface area contributed by atoms with Crippen molar-refractivity contribution in [2.45, 2.75) is 32.4 Å². The molecule has 7 heteroatoms. The first kappa shape index (κ1) is 20.0. The predicted octanol–water partition coefficient (Wildman–Crippen LogP) is 2.64. The second-order valence-corrected chi connectivity index (χ2v) is 6.97. The summed E-state index contributed by atoms with van der Waals surface area (Å²) in [5.74, 6) is 0.0955. The zero-order chi connectivity index (χ0) is 19.1. The van der Waals surface area contributed by atoms with Gasteiger partial charge in [-0.05, 0) is 31.4 Å². The molecule has 1 amide bonds. The number of methoxy groups -OCH3 is 1. The van der Waals surface area contributed by atoms with Gasteiger partial charge in [-0.2, -0.15) is 11.8 Å². The Kier molecular flexibility index (Phi) is 7.26. The van der Waals surface area contributed by atoms with Crippen LogP contribution in [0.5, 0.6) is 0 Å². The Balaban J connectivity index is 2.06. The van der Waals surface area contributed by atoms with Crippen molar-refractivity contribution in [3.63, 3.8) is 0 Å². The van der Waals surface area contributed by atoms with E-state index in [2.05, 4.69) is 5.32 Å².